The summed E-state index contributed by atoms with van der Waals surface area (Å²) in [6.45, 7) is 0. The molecule has 29 heavy (non-hydrogen) atoms. The Labute approximate surface area is 177 Å². The fourth-order valence-electron chi connectivity index (χ4n) is 4.56. The predicted molar refractivity (Wildman–Crippen MR) is 116 cm³/mol. The molecule has 4 rings (SSSR count). The van der Waals surface area contributed by atoms with Crippen LogP contribution in [0.4, 0.5) is 0 Å². The van der Waals surface area contributed by atoms with Gasteiger partial charge in [0.15, 0.2) is 11.0 Å². The second kappa shape index (κ2) is 10.2. The standard InChI is InChI=1S/C22H31N5OS/c28-20(24-18-10-4-1-2-5-11-18)16-29-22-26-25-21(17-9-8-14-23-15-17)27(22)19-12-6-3-7-13-19/h8-9,14-15,18-19H,1-7,10-13,16H2,(H,24,28). The molecule has 0 spiro atoms. The lowest BCUT2D eigenvalue weighted by molar-refractivity contribution is -0.119. The van der Waals surface area contributed by atoms with Gasteiger partial charge in [0.1, 0.15) is 0 Å². The van der Waals surface area contributed by atoms with E-state index >= 15 is 0 Å². The van der Waals surface area contributed by atoms with E-state index in [1.807, 2.05) is 18.3 Å². The highest BCUT2D eigenvalue weighted by Gasteiger charge is 2.24. The number of carbonyl (C=O) groups excluding carboxylic acids is 1. The van der Waals surface area contributed by atoms with Gasteiger partial charge in [-0.2, -0.15) is 0 Å². The van der Waals surface area contributed by atoms with Gasteiger partial charge < -0.3 is 5.32 Å². The number of hydrogen-bond donors (Lipinski definition) is 1. The molecule has 2 aromatic rings. The van der Waals surface area contributed by atoms with E-state index in [1.54, 1.807) is 6.20 Å². The van der Waals surface area contributed by atoms with Crippen LogP contribution in [0.3, 0.4) is 0 Å². The Morgan fingerprint density at radius 1 is 1.03 bits per heavy atom. The zero-order valence-electron chi connectivity index (χ0n) is 17.1. The molecule has 1 amide bonds. The van der Waals surface area contributed by atoms with Crippen LogP contribution in [0.15, 0.2) is 29.7 Å². The van der Waals surface area contributed by atoms with E-state index in [2.05, 4.69) is 25.1 Å². The number of rotatable bonds is 6. The average Bonchev–Trinajstić information content (AvgIpc) is 3.03. The molecule has 0 bridgehead atoms. The summed E-state index contributed by atoms with van der Waals surface area (Å²) in [5.74, 6) is 1.38. The maximum atomic E-state index is 12.6. The molecule has 2 fully saturated rings. The molecule has 0 aromatic carbocycles. The number of thioether (sulfide) groups is 1. The van der Waals surface area contributed by atoms with Crippen molar-refractivity contribution in [3.05, 3.63) is 24.5 Å². The molecule has 7 heteroatoms. The van der Waals surface area contributed by atoms with Crippen LogP contribution in [0.2, 0.25) is 0 Å². The normalized spacial score (nSPS) is 19.0. The maximum absolute atomic E-state index is 12.6. The van der Waals surface area contributed by atoms with E-state index in [9.17, 15) is 4.79 Å². The number of carbonyl (C=O) groups is 1. The Bertz CT molecular complexity index is 780. The fraction of sp³-hybridized carbons (Fsp3) is 0.636. The highest BCUT2D eigenvalue weighted by atomic mass is 32.2. The third kappa shape index (κ3) is 5.38. The van der Waals surface area contributed by atoms with Gasteiger partial charge >= 0.3 is 0 Å². The topological polar surface area (TPSA) is 72.7 Å². The summed E-state index contributed by atoms with van der Waals surface area (Å²) in [7, 11) is 0. The quantitative estimate of drug-likeness (QED) is 0.545. The number of hydrogen-bond acceptors (Lipinski definition) is 5. The number of aromatic nitrogens is 4. The Morgan fingerprint density at radius 2 is 1.76 bits per heavy atom. The second-order valence-corrected chi connectivity index (χ2v) is 9.20. The molecule has 2 saturated carbocycles. The minimum Gasteiger partial charge on any atom is -0.353 e. The van der Waals surface area contributed by atoms with Crippen molar-refractivity contribution in [2.45, 2.75) is 87.9 Å². The molecule has 156 valence electrons. The van der Waals surface area contributed by atoms with Crippen molar-refractivity contribution in [1.29, 1.82) is 0 Å². The SMILES string of the molecule is O=C(CSc1nnc(-c2cccnc2)n1C1CCCCC1)NC1CCCCCC1. The predicted octanol–water partition coefficient (Wildman–Crippen LogP) is 4.78. The maximum Gasteiger partial charge on any atom is 0.230 e. The van der Waals surface area contributed by atoms with Gasteiger partial charge in [-0.25, -0.2) is 0 Å². The molecule has 0 saturated heterocycles. The molecule has 0 radical (unpaired) electrons. The van der Waals surface area contributed by atoms with Gasteiger partial charge in [0.25, 0.3) is 0 Å². The van der Waals surface area contributed by atoms with E-state index in [-0.39, 0.29) is 5.91 Å². The van der Waals surface area contributed by atoms with Crippen LogP contribution in [0.1, 0.15) is 76.7 Å². The van der Waals surface area contributed by atoms with Crippen LogP contribution < -0.4 is 5.32 Å². The molecular weight excluding hydrogens is 382 g/mol. The van der Waals surface area contributed by atoms with Crippen molar-refractivity contribution >= 4 is 17.7 Å². The largest absolute Gasteiger partial charge is 0.353 e. The van der Waals surface area contributed by atoms with Crippen LogP contribution in [0.5, 0.6) is 0 Å². The second-order valence-electron chi connectivity index (χ2n) is 8.25. The van der Waals surface area contributed by atoms with Crippen LogP contribution >= 0.6 is 11.8 Å². The molecule has 2 aliphatic carbocycles. The Balaban J connectivity index is 1.46. The summed E-state index contributed by atoms with van der Waals surface area (Å²) in [5, 5.41) is 13.1. The number of nitrogens with one attached hydrogen (secondary N) is 1. The average molecular weight is 414 g/mol. The van der Waals surface area contributed by atoms with E-state index in [0.717, 1.165) is 42.2 Å². The van der Waals surface area contributed by atoms with Crippen molar-refractivity contribution in [1.82, 2.24) is 25.1 Å². The van der Waals surface area contributed by atoms with Gasteiger partial charge in [0.2, 0.25) is 5.91 Å². The smallest absolute Gasteiger partial charge is 0.230 e. The molecule has 0 atom stereocenters. The van der Waals surface area contributed by atoms with Gasteiger partial charge in [-0.05, 0) is 37.8 Å². The first kappa shape index (κ1) is 20.4. The molecular formula is C22H31N5OS. The van der Waals surface area contributed by atoms with E-state index < -0.39 is 0 Å². The highest BCUT2D eigenvalue weighted by Crippen LogP contribution is 2.35. The molecule has 2 aromatic heterocycles. The van der Waals surface area contributed by atoms with Crippen LogP contribution in [-0.2, 0) is 4.79 Å². The molecule has 0 unspecified atom stereocenters. The summed E-state index contributed by atoms with van der Waals surface area (Å²) in [6.07, 6.45) is 16.9. The Morgan fingerprint density at radius 3 is 2.48 bits per heavy atom. The molecule has 6 nitrogen and oxygen atoms in total. The first-order valence-electron chi connectivity index (χ1n) is 11.1. The van der Waals surface area contributed by atoms with E-state index in [4.69, 9.17) is 0 Å². The Hall–Kier alpha value is -1.89. The number of amides is 1. The van der Waals surface area contributed by atoms with Gasteiger partial charge in [-0.1, -0.05) is 56.7 Å². The number of pyridine rings is 1. The van der Waals surface area contributed by atoms with Crippen LogP contribution in [0.25, 0.3) is 11.4 Å². The van der Waals surface area contributed by atoms with E-state index in [0.29, 0.717) is 17.8 Å². The lowest BCUT2D eigenvalue weighted by Gasteiger charge is -2.25. The monoisotopic (exact) mass is 413 g/mol. The zero-order valence-corrected chi connectivity index (χ0v) is 17.9. The molecule has 2 heterocycles. The van der Waals surface area contributed by atoms with Gasteiger partial charge in [0, 0.05) is 30.0 Å². The van der Waals surface area contributed by atoms with Gasteiger partial charge in [-0.15, -0.1) is 10.2 Å². The summed E-state index contributed by atoms with van der Waals surface area (Å²) >= 11 is 1.51. The molecule has 1 N–H and O–H groups in total. The van der Waals surface area contributed by atoms with Crippen LogP contribution in [0, 0.1) is 0 Å². The third-order valence-corrected chi connectivity index (χ3v) is 7.02. The first-order chi connectivity index (χ1) is 14.3. The fourth-order valence-corrected chi connectivity index (χ4v) is 5.38. The highest BCUT2D eigenvalue weighted by molar-refractivity contribution is 7.99. The lowest BCUT2D eigenvalue weighted by atomic mass is 9.95. The van der Waals surface area contributed by atoms with Crippen molar-refractivity contribution in [2.24, 2.45) is 0 Å². The Kier molecular flexibility index (Phi) is 7.19. The lowest BCUT2D eigenvalue weighted by Crippen LogP contribution is -2.35. The number of nitrogens with zero attached hydrogens (tertiary/aromatic N) is 4. The molecule has 0 aliphatic heterocycles. The zero-order chi connectivity index (χ0) is 19.9. The van der Waals surface area contributed by atoms with Crippen molar-refractivity contribution in [3.8, 4) is 11.4 Å². The molecule has 2 aliphatic rings. The van der Waals surface area contributed by atoms with Crippen molar-refractivity contribution in [2.75, 3.05) is 5.75 Å². The van der Waals surface area contributed by atoms with Gasteiger partial charge in [0.05, 0.1) is 5.75 Å². The van der Waals surface area contributed by atoms with Crippen molar-refractivity contribution < 1.29 is 4.79 Å². The summed E-state index contributed by atoms with van der Waals surface area (Å²) < 4.78 is 2.26. The summed E-state index contributed by atoms with van der Waals surface area (Å²) in [4.78, 5) is 16.8. The van der Waals surface area contributed by atoms with Crippen LogP contribution in [-0.4, -0.2) is 37.5 Å². The summed E-state index contributed by atoms with van der Waals surface area (Å²) in [5.41, 5.74) is 0.986. The summed E-state index contributed by atoms with van der Waals surface area (Å²) in [6, 6.07) is 4.71. The third-order valence-electron chi connectivity index (χ3n) is 6.08. The van der Waals surface area contributed by atoms with E-state index in [1.165, 1.54) is 56.7 Å². The van der Waals surface area contributed by atoms with Gasteiger partial charge in [-0.3, -0.25) is 14.3 Å². The van der Waals surface area contributed by atoms with Crippen molar-refractivity contribution in [3.63, 3.8) is 0 Å². The first-order valence-corrected chi connectivity index (χ1v) is 12.1. The minimum absolute atomic E-state index is 0.114. The minimum atomic E-state index is 0.114.